The lowest BCUT2D eigenvalue weighted by atomic mass is 10.1. The van der Waals surface area contributed by atoms with E-state index in [0.29, 0.717) is 16.9 Å². The van der Waals surface area contributed by atoms with Crippen molar-refractivity contribution in [3.05, 3.63) is 64.7 Å². The van der Waals surface area contributed by atoms with Crippen molar-refractivity contribution in [2.24, 2.45) is 0 Å². The molecule has 4 heteroatoms. The Morgan fingerprint density at radius 3 is 1.90 bits per heavy atom. The average Bonchev–Trinajstić information content (AvgIpc) is 2.50. The second-order valence-electron chi connectivity index (χ2n) is 4.70. The zero-order valence-corrected chi connectivity index (χ0v) is 12.2. The Balaban J connectivity index is 2.13. The highest BCUT2D eigenvalue weighted by molar-refractivity contribution is 5.94. The molecular formula is C17H16O4. The molecule has 21 heavy (non-hydrogen) atoms. The van der Waals surface area contributed by atoms with Gasteiger partial charge in [-0.1, -0.05) is 6.07 Å². The van der Waals surface area contributed by atoms with Gasteiger partial charge in [0, 0.05) is 0 Å². The lowest BCUT2D eigenvalue weighted by Gasteiger charge is -2.07. The van der Waals surface area contributed by atoms with Crippen molar-refractivity contribution >= 4 is 11.9 Å². The molecule has 0 atom stereocenters. The summed E-state index contributed by atoms with van der Waals surface area (Å²) < 4.78 is 9.91. The zero-order valence-electron chi connectivity index (χ0n) is 12.2. The molecule has 2 aromatic carbocycles. The Morgan fingerprint density at radius 2 is 1.38 bits per heavy atom. The van der Waals surface area contributed by atoms with E-state index in [1.807, 2.05) is 26.0 Å². The van der Waals surface area contributed by atoms with E-state index in [2.05, 4.69) is 4.74 Å². The van der Waals surface area contributed by atoms with Gasteiger partial charge in [-0.05, 0) is 61.4 Å². The van der Waals surface area contributed by atoms with E-state index < -0.39 is 11.9 Å². The smallest absolute Gasteiger partial charge is 0.343 e. The Morgan fingerprint density at radius 1 is 0.810 bits per heavy atom. The average molecular weight is 284 g/mol. The predicted molar refractivity (Wildman–Crippen MR) is 78.7 cm³/mol. The van der Waals surface area contributed by atoms with Crippen LogP contribution in [0.4, 0.5) is 0 Å². The van der Waals surface area contributed by atoms with Crippen LogP contribution in [0.3, 0.4) is 0 Å². The van der Waals surface area contributed by atoms with E-state index in [4.69, 9.17) is 4.74 Å². The fourth-order valence-electron chi connectivity index (χ4n) is 1.80. The molecule has 0 heterocycles. The van der Waals surface area contributed by atoms with Crippen LogP contribution in [0.2, 0.25) is 0 Å². The quantitative estimate of drug-likeness (QED) is 0.641. The van der Waals surface area contributed by atoms with Crippen molar-refractivity contribution in [2.75, 3.05) is 7.11 Å². The number of carbonyl (C=O) groups excluding carboxylic acids is 2. The molecule has 0 unspecified atom stereocenters. The van der Waals surface area contributed by atoms with Gasteiger partial charge in [0.25, 0.3) is 0 Å². The molecule has 108 valence electrons. The van der Waals surface area contributed by atoms with E-state index in [1.54, 1.807) is 6.07 Å². The van der Waals surface area contributed by atoms with Crippen LogP contribution in [-0.2, 0) is 4.74 Å². The third-order valence-corrected chi connectivity index (χ3v) is 3.23. The molecule has 0 radical (unpaired) electrons. The van der Waals surface area contributed by atoms with Crippen LogP contribution in [0.25, 0.3) is 0 Å². The molecule has 0 bridgehead atoms. The number of aryl methyl sites for hydroxylation is 2. The highest BCUT2D eigenvalue weighted by Gasteiger charge is 2.11. The number of esters is 2. The molecular weight excluding hydrogens is 268 g/mol. The molecule has 0 aromatic heterocycles. The lowest BCUT2D eigenvalue weighted by Crippen LogP contribution is -2.09. The number of hydrogen-bond acceptors (Lipinski definition) is 4. The first kappa shape index (κ1) is 14.8. The largest absolute Gasteiger partial charge is 0.465 e. The second kappa shape index (κ2) is 6.22. The highest BCUT2D eigenvalue weighted by atomic mass is 16.5. The SMILES string of the molecule is COC(=O)c1ccc(C(=O)Oc2ccc(C)c(C)c2)cc1. The third kappa shape index (κ3) is 3.48. The van der Waals surface area contributed by atoms with Crippen LogP contribution >= 0.6 is 0 Å². The second-order valence-corrected chi connectivity index (χ2v) is 4.70. The molecule has 0 fully saturated rings. The van der Waals surface area contributed by atoms with E-state index >= 15 is 0 Å². The maximum absolute atomic E-state index is 12.0. The van der Waals surface area contributed by atoms with Crippen molar-refractivity contribution in [3.63, 3.8) is 0 Å². The first-order chi connectivity index (χ1) is 10.0. The summed E-state index contributed by atoms with van der Waals surface area (Å²) in [5.41, 5.74) is 2.96. The van der Waals surface area contributed by atoms with Crippen LogP contribution in [0, 0.1) is 13.8 Å². The summed E-state index contributed by atoms with van der Waals surface area (Å²) in [6, 6.07) is 11.6. The van der Waals surface area contributed by atoms with Gasteiger partial charge in [-0.15, -0.1) is 0 Å². The topological polar surface area (TPSA) is 52.6 Å². The van der Waals surface area contributed by atoms with Crippen molar-refractivity contribution in [1.82, 2.24) is 0 Å². The molecule has 0 aliphatic heterocycles. The number of carbonyl (C=O) groups is 2. The fraction of sp³-hybridized carbons (Fsp3) is 0.176. The number of ether oxygens (including phenoxy) is 2. The first-order valence-electron chi connectivity index (χ1n) is 6.49. The van der Waals surface area contributed by atoms with Crippen LogP contribution in [0.5, 0.6) is 5.75 Å². The molecule has 0 saturated heterocycles. The van der Waals surface area contributed by atoms with Crippen molar-refractivity contribution in [1.29, 1.82) is 0 Å². The van der Waals surface area contributed by atoms with E-state index in [-0.39, 0.29) is 0 Å². The number of methoxy groups -OCH3 is 1. The molecule has 0 aliphatic rings. The van der Waals surface area contributed by atoms with Crippen molar-refractivity contribution < 1.29 is 19.1 Å². The van der Waals surface area contributed by atoms with Gasteiger partial charge in [-0.25, -0.2) is 9.59 Å². The van der Waals surface area contributed by atoms with Crippen molar-refractivity contribution in [2.45, 2.75) is 13.8 Å². The molecule has 0 N–H and O–H groups in total. The zero-order chi connectivity index (χ0) is 15.4. The monoisotopic (exact) mass is 284 g/mol. The summed E-state index contributed by atoms with van der Waals surface area (Å²) in [4.78, 5) is 23.3. The summed E-state index contributed by atoms with van der Waals surface area (Å²) in [5, 5.41) is 0. The van der Waals surface area contributed by atoms with E-state index in [9.17, 15) is 9.59 Å². The summed E-state index contributed by atoms with van der Waals surface area (Å²) in [6.07, 6.45) is 0. The molecule has 0 aliphatic carbocycles. The minimum Gasteiger partial charge on any atom is -0.465 e. The van der Waals surface area contributed by atoms with E-state index in [1.165, 1.54) is 31.4 Å². The maximum Gasteiger partial charge on any atom is 0.343 e. The number of benzene rings is 2. The summed E-state index contributed by atoms with van der Waals surface area (Å²) in [7, 11) is 1.31. The van der Waals surface area contributed by atoms with Crippen LogP contribution in [-0.4, -0.2) is 19.0 Å². The maximum atomic E-state index is 12.0. The predicted octanol–water partition coefficient (Wildman–Crippen LogP) is 3.31. The van der Waals surface area contributed by atoms with Gasteiger partial charge < -0.3 is 9.47 Å². The number of rotatable bonds is 3. The first-order valence-corrected chi connectivity index (χ1v) is 6.49. The molecule has 2 aromatic rings. The minimum atomic E-state index is -0.463. The molecule has 0 saturated carbocycles. The van der Waals surface area contributed by atoms with Gasteiger partial charge in [0.15, 0.2) is 0 Å². The minimum absolute atomic E-state index is 0.376. The standard InChI is InChI=1S/C17H16O4/c1-11-4-9-15(10-12(11)2)21-17(19)14-7-5-13(6-8-14)16(18)20-3/h4-10H,1-3H3. The Bertz CT molecular complexity index is 672. The Hall–Kier alpha value is -2.62. The summed E-state index contributed by atoms with van der Waals surface area (Å²) in [6.45, 7) is 3.95. The van der Waals surface area contributed by atoms with Crippen LogP contribution < -0.4 is 4.74 Å². The molecule has 0 amide bonds. The molecule has 4 nitrogen and oxygen atoms in total. The number of hydrogen-bond donors (Lipinski definition) is 0. The highest BCUT2D eigenvalue weighted by Crippen LogP contribution is 2.18. The molecule has 0 spiro atoms. The van der Waals surface area contributed by atoms with Gasteiger partial charge in [-0.3, -0.25) is 0 Å². The summed E-state index contributed by atoms with van der Waals surface area (Å²) >= 11 is 0. The third-order valence-electron chi connectivity index (χ3n) is 3.23. The Labute approximate surface area is 123 Å². The molecule has 2 rings (SSSR count). The lowest BCUT2D eigenvalue weighted by molar-refractivity contribution is 0.0599. The van der Waals surface area contributed by atoms with E-state index in [0.717, 1.165) is 11.1 Å². The Kier molecular flexibility index (Phi) is 4.38. The normalized spacial score (nSPS) is 10.0. The van der Waals surface area contributed by atoms with Crippen LogP contribution in [0.1, 0.15) is 31.8 Å². The van der Waals surface area contributed by atoms with Crippen LogP contribution in [0.15, 0.2) is 42.5 Å². The van der Waals surface area contributed by atoms with Crippen molar-refractivity contribution in [3.8, 4) is 5.75 Å². The summed E-state index contributed by atoms with van der Waals surface area (Å²) in [5.74, 6) is -0.404. The van der Waals surface area contributed by atoms with Gasteiger partial charge >= 0.3 is 11.9 Å². The van der Waals surface area contributed by atoms with Gasteiger partial charge in [0.05, 0.1) is 18.2 Å². The van der Waals surface area contributed by atoms with Gasteiger partial charge in [0.1, 0.15) is 5.75 Å². The fourth-order valence-corrected chi connectivity index (χ4v) is 1.80. The van der Waals surface area contributed by atoms with Gasteiger partial charge in [0.2, 0.25) is 0 Å². The van der Waals surface area contributed by atoms with Gasteiger partial charge in [-0.2, -0.15) is 0 Å².